The molecule has 0 bridgehead atoms. The molecular weight excluding hydrogens is 284 g/mol. The highest BCUT2D eigenvalue weighted by Crippen LogP contribution is 2.36. The van der Waals surface area contributed by atoms with Crippen LogP contribution in [0, 0.1) is 6.92 Å². The van der Waals surface area contributed by atoms with E-state index in [1.165, 1.54) is 18.4 Å². The Kier molecular flexibility index (Phi) is 3.62. The highest BCUT2D eigenvalue weighted by atomic mass is 16.4. The van der Waals surface area contributed by atoms with E-state index in [1.807, 2.05) is 18.2 Å². The van der Waals surface area contributed by atoms with Gasteiger partial charge in [0.2, 0.25) is 11.8 Å². The monoisotopic (exact) mass is 304 g/mol. The molecule has 3 heteroatoms. The highest BCUT2D eigenvalue weighted by molar-refractivity contribution is 5.74. The van der Waals surface area contributed by atoms with Crippen molar-refractivity contribution in [2.75, 3.05) is 18.0 Å². The summed E-state index contributed by atoms with van der Waals surface area (Å²) in [4.78, 5) is 7.13. The van der Waals surface area contributed by atoms with Gasteiger partial charge >= 0.3 is 0 Å². The third kappa shape index (κ3) is 2.74. The Balaban J connectivity index is 1.81. The van der Waals surface area contributed by atoms with E-state index in [4.69, 9.17) is 9.40 Å². The molecule has 116 valence electrons. The molecule has 3 aromatic rings. The van der Waals surface area contributed by atoms with Crippen molar-refractivity contribution in [3.63, 3.8) is 0 Å². The zero-order valence-corrected chi connectivity index (χ0v) is 13.3. The lowest BCUT2D eigenvalue weighted by Crippen LogP contribution is -2.17. The lowest BCUT2D eigenvalue weighted by Gasteiger charge is -2.14. The zero-order chi connectivity index (χ0) is 15.6. The largest absolute Gasteiger partial charge is 0.420 e. The molecule has 3 nitrogen and oxygen atoms in total. The first kappa shape index (κ1) is 14.1. The molecule has 0 N–H and O–H groups in total. The molecule has 1 fully saturated rings. The Morgan fingerprint density at radius 1 is 0.870 bits per heavy atom. The molecule has 1 aliphatic rings. The van der Waals surface area contributed by atoms with Crippen LogP contribution < -0.4 is 4.90 Å². The molecule has 0 atom stereocenters. The standard InChI is InChI=1S/C20H20N2O/c1-15-9-11-17(12-10-15)19-21-18(16-7-3-2-4-8-16)20(23-19)22-13-5-6-14-22/h2-4,7-12H,5-6,13-14H2,1H3. The normalized spacial score (nSPS) is 14.4. The van der Waals surface area contributed by atoms with Gasteiger partial charge in [0.1, 0.15) is 5.69 Å². The van der Waals surface area contributed by atoms with Crippen molar-refractivity contribution in [1.82, 2.24) is 4.98 Å². The number of anilines is 1. The van der Waals surface area contributed by atoms with Gasteiger partial charge in [0.05, 0.1) is 0 Å². The van der Waals surface area contributed by atoms with Gasteiger partial charge in [-0.2, -0.15) is 0 Å². The van der Waals surface area contributed by atoms with Crippen LogP contribution in [0.3, 0.4) is 0 Å². The molecule has 2 aromatic carbocycles. The number of hydrogen-bond donors (Lipinski definition) is 0. The van der Waals surface area contributed by atoms with Crippen LogP contribution in [0.2, 0.25) is 0 Å². The van der Waals surface area contributed by atoms with E-state index < -0.39 is 0 Å². The first-order valence-corrected chi connectivity index (χ1v) is 8.19. The Morgan fingerprint density at radius 3 is 2.26 bits per heavy atom. The first-order valence-electron chi connectivity index (χ1n) is 8.19. The van der Waals surface area contributed by atoms with Crippen LogP contribution in [-0.4, -0.2) is 18.1 Å². The Morgan fingerprint density at radius 2 is 1.57 bits per heavy atom. The number of benzene rings is 2. The number of rotatable bonds is 3. The number of hydrogen-bond acceptors (Lipinski definition) is 3. The van der Waals surface area contributed by atoms with Crippen LogP contribution in [0.4, 0.5) is 5.88 Å². The van der Waals surface area contributed by atoms with E-state index in [0.717, 1.165) is 35.8 Å². The minimum atomic E-state index is 0.700. The van der Waals surface area contributed by atoms with Crippen molar-refractivity contribution in [2.45, 2.75) is 19.8 Å². The first-order chi connectivity index (χ1) is 11.3. The van der Waals surface area contributed by atoms with Crippen LogP contribution in [0.25, 0.3) is 22.7 Å². The smallest absolute Gasteiger partial charge is 0.229 e. The predicted molar refractivity (Wildman–Crippen MR) is 93.6 cm³/mol. The predicted octanol–water partition coefficient (Wildman–Crippen LogP) is 4.92. The summed E-state index contributed by atoms with van der Waals surface area (Å²) in [5.74, 6) is 1.61. The van der Waals surface area contributed by atoms with Crippen molar-refractivity contribution in [3.8, 4) is 22.7 Å². The van der Waals surface area contributed by atoms with Gasteiger partial charge in [-0.05, 0) is 31.9 Å². The molecule has 1 aliphatic heterocycles. The van der Waals surface area contributed by atoms with Crippen LogP contribution >= 0.6 is 0 Å². The summed E-state index contributed by atoms with van der Waals surface area (Å²) in [6.45, 7) is 4.18. The average molecular weight is 304 g/mol. The van der Waals surface area contributed by atoms with Gasteiger partial charge in [-0.3, -0.25) is 0 Å². The Bertz CT molecular complexity index is 784. The molecule has 2 heterocycles. The van der Waals surface area contributed by atoms with Crippen LogP contribution in [0.5, 0.6) is 0 Å². The Hall–Kier alpha value is -2.55. The van der Waals surface area contributed by atoms with E-state index in [0.29, 0.717) is 5.89 Å². The van der Waals surface area contributed by atoms with Crippen LogP contribution in [-0.2, 0) is 0 Å². The van der Waals surface area contributed by atoms with Crippen molar-refractivity contribution in [3.05, 3.63) is 60.2 Å². The van der Waals surface area contributed by atoms with Gasteiger partial charge in [0.15, 0.2) is 0 Å². The quantitative estimate of drug-likeness (QED) is 0.688. The zero-order valence-electron chi connectivity index (χ0n) is 13.3. The van der Waals surface area contributed by atoms with E-state index in [9.17, 15) is 0 Å². The molecule has 0 radical (unpaired) electrons. The molecule has 0 aliphatic carbocycles. The fourth-order valence-corrected chi connectivity index (χ4v) is 3.05. The highest BCUT2D eigenvalue weighted by Gasteiger charge is 2.23. The van der Waals surface area contributed by atoms with Gasteiger partial charge in [-0.1, -0.05) is 48.0 Å². The molecular formula is C20H20N2O. The second-order valence-corrected chi connectivity index (χ2v) is 6.10. The third-order valence-electron chi connectivity index (χ3n) is 4.35. The number of aromatic nitrogens is 1. The van der Waals surface area contributed by atoms with Gasteiger partial charge in [-0.15, -0.1) is 0 Å². The maximum Gasteiger partial charge on any atom is 0.229 e. The van der Waals surface area contributed by atoms with Gasteiger partial charge < -0.3 is 9.32 Å². The molecule has 1 aromatic heterocycles. The molecule has 0 unspecified atom stereocenters. The van der Waals surface area contributed by atoms with Crippen molar-refractivity contribution < 1.29 is 4.42 Å². The number of nitrogens with zero attached hydrogens (tertiary/aromatic N) is 2. The lowest BCUT2D eigenvalue weighted by atomic mass is 10.1. The Labute approximate surface area is 136 Å². The van der Waals surface area contributed by atoms with Gasteiger partial charge in [0.25, 0.3) is 0 Å². The summed E-state index contributed by atoms with van der Waals surface area (Å²) in [5.41, 5.74) is 4.32. The lowest BCUT2D eigenvalue weighted by molar-refractivity contribution is 0.564. The summed E-state index contributed by atoms with van der Waals surface area (Å²) in [6.07, 6.45) is 2.43. The molecule has 23 heavy (non-hydrogen) atoms. The summed E-state index contributed by atoms with van der Waals surface area (Å²) in [6, 6.07) is 18.6. The van der Waals surface area contributed by atoms with Crippen LogP contribution in [0.1, 0.15) is 18.4 Å². The third-order valence-corrected chi connectivity index (χ3v) is 4.35. The number of oxazole rings is 1. The summed E-state index contributed by atoms with van der Waals surface area (Å²) >= 11 is 0. The molecule has 0 spiro atoms. The molecule has 4 rings (SSSR count). The summed E-state index contributed by atoms with van der Waals surface area (Å²) in [7, 11) is 0. The topological polar surface area (TPSA) is 29.3 Å². The van der Waals surface area contributed by atoms with Gasteiger partial charge in [-0.25, -0.2) is 4.98 Å². The second kappa shape index (κ2) is 5.92. The van der Waals surface area contributed by atoms with Gasteiger partial charge in [0, 0.05) is 24.2 Å². The molecule has 0 saturated carbocycles. The van der Waals surface area contributed by atoms with Crippen LogP contribution in [0.15, 0.2) is 59.0 Å². The second-order valence-electron chi connectivity index (χ2n) is 6.10. The van der Waals surface area contributed by atoms with Crippen molar-refractivity contribution in [1.29, 1.82) is 0 Å². The minimum Gasteiger partial charge on any atom is -0.420 e. The van der Waals surface area contributed by atoms with E-state index in [2.05, 4.69) is 48.2 Å². The van der Waals surface area contributed by atoms with E-state index >= 15 is 0 Å². The van der Waals surface area contributed by atoms with Crippen molar-refractivity contribution in [2.24, 2.45) is 0 Å². The molecule has 1 saturated heterocycles. The summed E-state index contributed by atoms with van der Waals surface area (Å²) in [5, 5.41) is 0. The average Bonchev–Trinajstić information content (AvgIpc) is 3.26. The number of aryl methyl sites for hydroxylation is 1. The fourth-order valence-electron chi connectivity index (χ4n) is 3.05. The maximum absolute atomic E-state index is 6.19. The van der Waals surface area contributed by atoms with E-state index in [-0.39, 0.29) is 0 Å². The SMILES string of the molecule is Cc1ccc(-c2nc(-c3ccccc3)c(N3CCCC3)o2)cc1. The fraction of sp³-hybridized carbons (Fsp3) is 0.250. The maximum atomic E-state index is 6.19. The molecule has 0 amide bonds. The van der Waals surface area contributed by atoms with Crippen molar-refractivity contribution >= 4 is 5.88 Å². The van der Waals surface area contributed by atoms with E-state index in [1.54, 1.807) is 0 Å². The summed E-state index contributed by atoms with van der Waals surface area (Å²) < 4.78 is 6.19. The minimum absolute atomic E-state index is 0.700.